The zero-order valence-corrected chi connectivity index (χ0v) is 16.7. The van der Waals surface area contributed by atoms with Crippen molar-refractivity contribution in [1.82, 2.24) is 9.62 Å². The van der Waals surface area contributed by atoms with Crippen molar-refractivity contribution in [3.8, 4) is 0 Å². The van der Waals surface area contributed by atoms with Crippen LogP contribution in [0.1, 0.15) is 6.92 Å². The van der Waals surface area contributed by atoms with Gasteiger partial charge in [0.1, 0.15) is 0 Å². The fourth-order valence-corrected chi connectivity index (χ4v) is 4.85. The van der Waals surface area contributed by atoms with Gasteiger partial charge in [0, 0.05) is 0 Å². The number of carbonyl (C=O) groups is 2. The maximum Gasteiger partial charge on any atom is 0.413 e. The average Bonchev–Trinajstić information content (AvgIpc) is 2.72. The summed E-state index contributed by atoms with van der Waals surface area (Å²) in [6, 6.07) is 12.3. The molecule has 150 valence electrons. The first-order chi connectivity index (χ1) is 13.3. The highest BCUT2D eigenvalue weighted by Gasteiger charge is 2.35. The first-order valence-corrected chi connectivity index (χ1v) is 10.5. The zero-order valence-electron chi connectivity index (χ0n) is 15.8. The molecule has 0 unspecified atom stereocenters. The molecule has 1 atom stereocenters. The lowest BCUT2D eigenvalue weighted by Gasteiger charge is -2.34. The number of hydrogen-bond acceptors (Lipinski definition) is 5. The third-order valence-electron chi connectivity index (χ3n) is 5.14. The highest BCUT2D eigenvalue weighted by atomic mass is 32.2. The van der Waals surface area contributed by atoms with E-state index in [1.165, 1.54) is 11.4 Å². The van der Waals surface area contributed by atoms with Gasteiger partial charge in [-0.3, -0.25) is 10.1 Å². The molecule has 2 aromatic rings. The van der Waals surface area contributed by atoms with E-state index >= 15 is 0 Å². The minimum atomic E-state index is -3.60. The number of alkyl carbamates (subject to hydrolysis) is 1. The molecule has 1 aliphatic rings. The van der Waals surface area contributed by atoms with Crippen LogP contribution >= 0.6 is 0 Å². The second-order valence-electron chi connectivity index (χ2n) is 6.77. The van der Waals surface area contributed by atoms with Crippen LogP contribution in [-0.2, 0) is 19.6 Å². The molecule has 8 nitrogen and oxygen atoms in total. The fraction of sp³-hybridized carbons (Fsp3) is 0.368. The number of hydrogen-bond donors (Lipinski definition) is 2. The third kappa shape index (κ3) is 4.16. The number of sulfonamides is 1. The molecule has 0 saturated carbocycles. The van der Waals surface area contributed by atoms with E-state index in [9.17, 15) is 18.0 Å². The van der Waals surface area contributed by atoms with Gasteiger partial charge in [-0.05, 0) is 29.8 Å². The van der Waals surface area contributed by atoms with Crippen molar-refractivity contribution in [3.63, 3.8) is 0 Å². The number of amides is 2. The maximum atomic E-state index is 13.0. The van der Waals surface area contributed by atoms with E-state index in [0.29, 0.717) is 26.2 Å². The number of carbonyl (C=O) groups excluding carboxylic acids is 2. The van der Waals surface area contributed by atoms with Crippen molar-refractivity contribution >= 4 is 32.8 Å². The second kappa shape index (κ2) is 8.26. The summed E-state index contributed by atoms with van der Waals surface area (Å²) in [5, 5.41) is 4.02. The van der Waals surface area contributed by atoms with Crippen molar-refractivity contribution in [1.29, 1.82) is 0 Å². The van der Waals surface area contributed by atoms with Crippen LogP contribution in [0.5, 0.6) is 0 Å². The first kappa shape index (κ1) is 20.2. The number of imide groups is 1. The third-order valence-corrected chi connectivity index (χ3v) is 7.03. The molecule has 3 rings (SSSR count). The molecule has 0 radical (unpaired) electrons. The van der Waals surface area contributed by atoms with E-state index in [0.717, 1.165) is 15.7 Å². The SMILES string of the molecule is COC(=O)NC(=O)[C@@H](C)[NH+]1CCN(S(=O)(=O)c2ccc3ccccc3c2)CC1. The summed E-state index contributed by atoms with van der Waals surface area (Å²) >= 11 is 0. The molecule has 2 aromatic carbocycles. The lowest BCUT2D eigenvalue weighted by molar-refractivity contribution is -0.917. The average molecular weight is 406 g/mol. The lowest BCUT2D eigenvalue weighted by Crippen LogP contribution is -3.19. The Labute approximate surface area is 164 Å². The van der Waals surface area contributed by atoms with Crippen molar-refractivity contribution in [3.05, 3.63) is 42.5 Å². The van der Waals surface area contributed by atoms with Gasteiger partial charge in [0.2, 0.25) is 10.0 Å². The molecular weight excluding hydrogens is 382 g/mol. The smallest absolute Gasteiger partial charge is 0.413 e. The Kier molecular flexibility index (Phi) is 5.97. The number of piperazine rings is 1. The second-order valence-corrected chi connectivity index (χ2v) is 8.71. The monoisotopic (exact) mass is 406 g/mol. The summed E-state index contributed by atoms with van der Waals surface area (Å²) in [6.45, 7) is 3.27. The number of rotatable bonds is 4. The van der Waals surface area contributed by atoms with Crippen molar-refractivity contribution in [2.24, 2.45) is 0 Å². The van der Waals surface area contributed by atoms with Crippen LogP contribution in [0.4, 0.5) is 4.79 Å². The number of nitrogens with zero attached hydrogens (tertiary/aromatic N) is 1. The molecule has 28 heavy (non-hydrogen) atoms. The Morgan fingerprint density at radius 3 is 2.39 bits per heavy atom. The van der Waals surface area contributed by atoms with E-state index in [-0.39, 0.29) is 4.90 Å². The molecule has 1 heterocycles. The van der Waals surface area contributed by atoms with E-state index < -0.39 is 28.1 Å². The quantitative estimate of drug-likeness (QED) is 0.745. The predicted octanol–water partition coefficient (Wildman–Crippen LogP) is 0.000100. The van der Waals surface area contributed by atoms with E-state index in [1.807, 2.05) is 30.3 Å². The number of methoxy groups -OCH3 is 1. The molecule has 0 bridgehead atoms. The minimum absolute atomic E-state index is 0.270. The molecular formula is C19H24N3O5S+. The largest absolute Gasteiger partial charge is 0.453 e. The summed E-state index contributed by atoms with van der Waals surface area (Å²) < 4.78 is 31.9. The van der Waals surface area contributed by atoms with Crippen molar-refractivity contribution in [2.75, 3.05) is 33.3 Å². The summed E-state index contributed by atoms with van der Waals surface area (Å²) in [5.41, 5.74) is 0. The summed E-state index contributed by atoms with van der Waals surface area (Å²) in [4.78, 5) is 24.5. The van der Waals surface area contributed by atoms with Crippen LogP contribution in [0.25, 0.3) is 10.8 Å². The number of benzene rings is 2. The first-order valence-electron chi connectivity index (χ1n) is 9.05. The van der Waals surface area contributed by atoms with Gasteiger partial charge in [-0.1, -0.05) is 30.3 Å². The molecule has 0 aromatic heterocycles. The fourth-order valence-electron chi connectivity index (χ4n) is 3.37. The van der Waals surface area contributed by atoms with Gasteiger partial charge in [0.05, 0.1) is 38.2 Å². The highest BCUT2D eigenvalue weighted by molar-refractivity contribution is 7.89. The standard InChI is InChI=1S/C19H23N3O5S/c1-14(18(23)20-19(24)27-2)21-9-11-22(12-10-21)28(25,26)17-8-7-15-5-3-4-6-16(15)13-17/h3-8,13-14H,9-12H2,1-2H3,(H,20,23,24)/p+1/t14-/m1/s1. The van der Waals surface area contributed by atoms with Crippen LogP contribution < -0.4 is 10.2 Å². The number of ether oxygens (including phenoxy) is 1. The predicted molar refractivity (Wildman–Crippen MR) is 103 cm³/mol. The number of fused-ring (bicyclic) bond motifs is 1. The Hall–Kier alpha value is -2.49. The van der Waals surface area contributed by atoms with E-state index in [1.54, 1.807) is 19.1 Å². The topological polar surface area (TPSA) is 97.2 Å². The summed E-state index contributed by atoms with van der Waals surface area (Å²) in [5.74, 6) is -0.437. The Morgan fingerprint density at radius 1 is 1.11 bits per heavy atom. The molecule has 9 heteroatoms. The Balaban J connectivity index is 1.67. The van der Waals surface area contributed by atoms with E-state index in [2.05, 4.69) is 10.1 Å². The van der Waals surface area contributed by atoms with Gasteiger partial charge in [-0.15, -0.1) is 0 Å². The Bertz CT molecular complexity index is 984. The summed E-state index contributed by atoms with van der Waals surface area (Å²) in [6.07, 6.45) is -0.797. The van der Waals surface area contributed by atoms with Gasteiger partial charge < -0.3 is 9.64 Å². The molecule has 2 N–H and O–H groups in total. The highest BCUT2D eigenvalue weighted by Crippen LogP contribution is 2.21. The van der Waals surface area contributed by atoms with Crippen LogP contribution in [0.2, 0.25) is 0 Å². The summed E-state index contributed by atoms with van der Waals surface area (Å²) in [7, 11) is -2.41. The molecule has 0 spiro atoms. The zero-order chi connectivity index (χ0) is 20.3. The molecule has 0 aliphatic carbocycles. The van der Waals surface area contributed by atoms with E-state index in [4.69, 9.17) is 0 Å². The lowest BCUT2D eigenvalue weighted by atomic mass is 10.1. The number of quaternary nitrogens is 1. The van der Waals surface area contributed by atoms with Gasteiger partial charge in [0.15, 0.2) is 6.04 Å². The van der Waals surface area contributed by atoms with Crippen LogP contribution in [0.15, 0.2) is 47.4 Å². The molecule has 2 amide bonds. The Morgan fingerprint density at radius 2 is 1.75 bits per heavy atom. The van der Waals surface area contributed by atoms with Crippen LogP contribution in [0.3, 0.4) is 0 Å². The maximum absolute atomic E-state index is 13.0. The van der Waals surface area contributed by atoms with Crippen molar-refractivity contribution < 1.29 is 27.6 Å². The van der Waals surface area contributed by atoms with Gasteiger partial charge in [-0.25, -0.2) is 13.2 Å². The molecule has 1 fully saturated rings. The van der Waals surface area contributed by atoms with Gasteiger partial charge >= 0.3 is 6.09 Å². The molecule has 1 saturated heterocycles. The van der Waals surface area contributed by atoms with Crippen LogP contribution in [-0.4, -0.2) is 64.1 Å². The minimum Gasteiger partial charge on any atom is -0.453 e. The van der Waals surface area contributed by atoms with Gasteiger partial charge in [-0.2, -0.15) is 4.31 Å². The normalized spacial score (nSPS) is 17.2. The molecule has 1 aliphatic heterocycles. The van der Waals surface area contributed by atoms with Crippen LogP contribution in [0, 0.1) is 0 Å². The van der Waals surface area contributed by atoms with Crippen molar-refractivity contribution in [2.45, 2.75) is 17.9 Å². The number of nitrogens with one attached hydrogen (secondary N) is 2. The van der Waals surface area contributed by atoms with Gasteiger partial charge in [0.25, 0.3) is 5.91 Å².